The molecule has 3 rings (SSSR count). The van der Waals surface area contributed by atoms with Crippen LogP contribution in [0.15, 0.2) is 48.7 Å². The number of hydrogen-bond acceptors (Lipinski definition) is 1. The van der Waals surface area contributed by atoms with E-state index in [1.165, 1.54) is 24.3 Å². The van der Waals surface area contributed by atoms with Crippen molar-refractivity contribution in [3.05, 3.63) is 71.2 Å². The number of rotatable bonds is 8. The Bertz CT molecular complexity index is 904. The molecule has 0 aliphatic heterocycles. The summed E-state index contributed by atoms with van der Waals surface area (Å²) in [6.45, 7) is 1.06. The monoisotopic (exact) mass is 382 g/mol. The van der Waals surface area contributed by atoms with Crippen molar-refractivity contribution in [1.29, 1.82) is 0 Å². The lowest BCUT2D eigenvalue weighted by Crippen LogP contribution is -2.29. The first-order chi connectivity index (χ1) is 12.8. The van der Waals surface area contributed by atoms with E-state index < -0.39 is 18.8 Å². The third kappa shape index (κ3) is 4.86. The maximum atomic E-state index is 13.2. The summed E-state index contributed by atoms with van der Waals surface area (Å²) in [6.07, 6.45) is -2.12. The number of nitrogens with one attached hydrogen (secondary N) is 2. The van der Waals surface area contributed by atoms with Crippen LogP contribution in [0.25, 0.3) is 10.9 Å². The molecule has 2 aromatic carbocycles. The molecule has 0 saturated heterocycles. The predicted molar refractivity (Wildman–Crippen MR) is 94.8 cm³/mol. The van der Waals surface area contributed by atoms with Crippen molar-refractivity contribution >= 4 is 10.9 Å². The second-order valence-electron chi connectivity index (χ2n) is 6.49. The van der Waals surface area contributed by atoms with Crippen LogP contribution >= 0.6 is 0 Å². The van der Waals surface area contributed by atoms with Crippen LogP contribution in [0, 0.1) is 5.82 Å². The number of aromatic nitrogens is 1. The van der Waals surface area contributed by atoms with Gasteiger partial charge in [0, 0.05) is 30.1 Å². The number of H-pyrrole nitrogens is 1. The van der Waals surface area contributed by atoms with Gasteiger partial charge in [0.25, 0.3) is 0 Å². The molecular formula is C20H19F5N2. The van der Waals surface area contributed by atoms with E-state index in [0.29, 0.717) is 19.5 Å². The lowest BCUT2D eigenvalue weighted by molar-refractivity contribution is -0.127. The van der Waals surface area contributed by atoms with Crippen LogP contribution in [-0.4, -0.2) is 23.9 Å². The highest BCUT2D eigenvalue weighted by Gasteiger charge is 2.40. The third-order valence-corrected chi connectivity index (χ3v) is 4.38. The zero-order valence-electron chi connectivity index (χ0n) is 14.4. The largest absolute Gasteiger partial charge is 0.361 e. The summed E-state index contributed by atoms with van der Waals surface area (Å²) in [7, 11) is 0. The van der Waals surface area contributed by atoms with E-state index in [1.807, 2.05) is 6.20 Å². The van der Waals surface area contributed by atoms with E-state index in [-0.39, 0.29) is 11.4 Å². The van der Waals surface area contributed by atoms with E-state index >= 15 is 0 Å². The summed E-state index contributed by atoms with van der Waals surface area (Å²) in [4.78, 5) is 3.03. The number of halogens is 5. The topological polar surface area (TPSA) is 27.8 Å². The van der Waals surface area contributed by atoms with Gasteiger partial charge in [0.15, 0.2) is 0 Å². The van der Waals surface area contributed by atoms with Crippen molar-refractivity contribution in [3.63, 3.8) is 0 Å². The third-order valence-electron chi connectivity index (χ3n) is 4.38. The molecule has 0 bridgehead atoms. The first kappa shape index (κ1) is 19.4. The minimum absolute atomic E-state index is 0.179. The molecule has 0 aliphatic rings. The molecule has 2 nitrogen and oxygen atoms in total. The van der Waals surface area contributed by atoms with Gasteiger partial charge in [-0.3, -0.25) is 0 Å². The molecule has 2 N–H and O–H groups in total. The molecule has 0 spiro atoms. The molecule has 1 aromatic heterocycles. The van der Waals surface area contributed by atoms with Crippen molar-refractivity contribution in [2.75, 3.05) is 6.54 Å². The Hall–Kier alpha value is -2.41. The van der Waals surface area contributed by atoms with Crippen molar-refractivity contribution in [3.8, 4) is 0 Å². The molecule has 27 heavy (non-hydrogen) atoms. The molecule has 0 fully saturated rings. The molecular weight excluding hydrogens is 363 g/mol. The smallest absolute Gasteiger partial charge is 0.311 e. The van der Waals surface area contributed by atoms with Gasteiger partial charge in [-0.2, -0.15) is 8.78 Å². The molecule has 1 heterocycles. The lowest BCUT2D eigenvalue weighted by atomic mass is 10.0. The number of hydrogen-bond donors (Lipinski definition) is 2. The quantitative estimate of drug-likeness (QED) is 0.413. The minimum atomic E-state index is -4.03. The second-order valence-corrected chi connectivity index (χ2v) is 6.49. The SMILES string of the molecule is Fc1ccc2c(CCNCc3cccc(CC(F)(F)C(F)F)c3)c[nH]c2c1. The average molecular weight is 382 g/mol. The normalized spacial score (nSPS) is 12.2. The van der Waals surface area contributed by atoms with E-state index in [0.717, 1.165) is 22.0 Å². The van der Waals surface area contributed by atoms with Gasteiger partial charge < -0.3 is 10.3 Å². The van der Waals surface area contributed by atoms with Crippen LogP contribution < -0.4 is 5.32 Å². The minimum Gasteiger partial charge on any atom is -0.361 e. The summed E-state index contributed by atoms with van der Waals surface area (Å²) in [5, 5.41) is 4.16. The van der Waals surface area contributed by atoms with Gasteiger partial charge in [0.2, 0.25) is 0 Å². The van der Waals surface area contributed by atoms with E-state index in [9.17, 15) is 22.0 Å². The summed E-state index contributed by atoms with van der Waals surface area (Å²) in [5.74, 6) is -4.33. The van der Waals surface area contributed by atoms with E-state index in [4.69, 9.17) is 0 Å². The van der Waals surface area contributed by atoms with Gasteiger partial charge >= 0.3 is 12.3 Å². The molecule has 3 aromatic rings. The molecule has 7 heteroatoms. The summed E-state index contributed by atoms with van der Waals surface area (Å²) >= 11 is 0. The fourth-order valence-electron chi connectivity index (χ4n) is 3.02. The van der Waals surface area contributed by atoms with Gasteiger partial charge in [-0.05, 0) is 47.9 Å². The lowest BCUT2D eigenvalue weighted by Gasteiger charge is -2.15. The summed E-state index contributed by atoms with van der Waals surface area (Å²) in [6, 6.07) is 10.8. The summed E-state index contributed by atoms with van der Waals surface area (Å²) < 4.78 is 64.2. The Morgan fingerprint density at radius 3 is 2.59 bits per heavy atom. The number of aromatic amines is 1. The fraction of sp³-hybridized carbons (Fsp3) is 0.300. The molecule has 0 saturated carbocycles. The Kier molecular flexibility index (Phi) is 5.79. The average Bonchev–Trinajstić information content (AvgIpc) is 3.00. The maximum Gasteiger partial charge on any atom is 0.311 e. The Morgan fingerprint density at radius 1 is 1.04 bits per heavy atom. The molecule has 144 valence electrons. The molecule has 0 amide bonds. The van der Waals surface area contributed by atoms with Crippen LogP contribution in [0.5, 0.6) is 0 Å². The first-order valence-corrected chi connectivity index (χ1v) is 8.55. The maximum absolute atomic E-state index is 13.2. The van der Waals surface area contributed by atoms with Gasteiger partial charge in [-0.1, -0.05) is 24.3 Å². The van der Waals surface area contributed by atoms with Crippen molar-refractivity contribution in [2.24, 2.45) is 0 Å². The summed E-state index contributed by atoms with van der Waals surface area (Å²) in [5.41, 5.74) is 2.71. The number of benzene rings is 2. The standard InChI is InChI=1S/C20H19F5N2/c21-16-4-5-17-15(12-27-18(17)9-16)6-7-26-11-14-3-1-2-13(8-14)10-20(24,25)19(22)23/h1-5,8-9,12,19,26-27H,6-7,10-11H2. The Morgan fingerprint density at radius 2 is 1.81 bits per heavy atom. The van der Waals surface area contributed by atoms with Crippen LogP contribution in [-0.2, 0) is 19.4 Å². The fourth-order valence-corrected chi connectivity index (χ4v) is 3.02. The molecule has 0 atom stereocenters. The van der Waals surface area contributed by atoms with Crippen LogP contribution in [0.2, 0.25) is 0 Å². The Balaban J connectivity index is 1.54. The zero-order valence-corrected chi connectivity index (χ0v) is 14.4. The first-order valence-electron chi connectivity index (χ1n) is 8.55. The highest BCUT2D eigenvalue weighted by molar-refractivity contribution is 5.83. The van der Waals surface area contributed by atoms with Gasteiger partial charge in [0.05, 0.1) is 0 Å². The number of alkyl halides is 4. The zero-order chi connectivity index (χ0) is 19.4. The van der Waals surface area contributed by atoms with Crippen molar-refractivity contribution in [1.82, 2.24) is 10.3 Å². The van der Waals surface area contributed by atoms with Crippen molar-refractivity contribution < 1.29 is 22.0 Å². The van der Waals surface area contributed by atoms with Crippen molar-refractivity contribution in [2.45, 2.75) is 31.7 Å². The highest BCUT2D eigenvalue weighted by Crippen LogP contribution is 2.27. The molecule has 0 aliphatic carbocycles. The predicted octanol–water partition coefficient (Wildman–Crippen LogP) is 5.08. The molecule has 0 unspecified atom stereocenters. The van der Waals surface area contributed by atoms with E-state index in [1.54, 1.807) is 18.2 Å². The highest BCUT2D eigenvalue weighted by atomic mass is 19.3. The van der Waals surface area contributed by atoms with Gasteiger partial charge in [-0.15, -0.1) is 0 Å². The van der Waals surface area contributed by atoms with Gasteiger partial charge in [0.1, 0.15) is 5.82 Å². The Labute approximate surface area is 153 Å². The van der Waals surface area contributed by atoms with Crippen LogP contribution in [0.4, 0.5) is 22.0 Å². The van der Waals surface area contributed by atoms with Crippen LogP contribution in [0.3, 0.4) is 0 Å². The second kappa shape index (κ2) is 8.08. The van der Waals surface area contributed by atoms with E-state index in [2.05, 4.69) is 10.3 Å². The van der Waals surface area contributed by atoms with Crippen LogP contribution in [0.1, 0.15) is 16.7 Å². The number of fused-ring (bicyclic) bond motifs is 1. The molecule has 0 radical (unpaired) electrons. The van der Waals surface area contributed by atoms with Gasteiger partial charge in [-0.25, -0.2) is 13.2 Å².